The van der Waals surface area contributed by atoms with Gasteiger partial charge in [-0.3, -0.25) is 9.59 Å². The zero-order valence-corrected chi connectivity index (χ0v) is 11.8. The van der Waals surface area contributed by atoms with Gasteiger partial charge in [0.1, 0.15) is 11.6 Å². The van der Waals surface area contributed by atoms with E-state index in [0.29, 0.717) is 11.6 Å². The average molecular weight is 316 g/mol. The van der Waals surface area contributed by atoms with E-state index in [0.717, 1.165) is 0 Å². The fourth-order valence-corrected chi connectivity index (χ4v) is 1.88. The van der Waals surface area contributed by atoms with Crippen molar-refractivity contribution in [3.8, 4) is 0 Å². The lowest BCUT2D eigenvalue weighted by molar-refractivity contribution is 0.0705. The molecule has 3 rings (SSSR count). The van der Waals surface area contributed by atoms with E-state index >= 15 is 0 Å². The molecule has 0 atom stereocenters. The molecule has 118 valence electrons. The van der Waals surface area contributed by atoms with Gasteiger partial charge in [0, 0.05) is 24.8 Å². The van der Waals surface area contributed by atoms with Crippen molar-refractivity contribution < 1.29 is 14.1 Å². The SMILES string of the molecule is NC(=O)c1nc(C(=O)N(Cc2ncc[nH]2)Cc2ncc[nH]2)no1. The van der Waals surface area contributed by atoms with Crippen LogP contribution in [0.15, 0.2) is 29.3 Å². The van der Waals surface area contributed by atoms with E-state index in [9.17, 15) is 9.59 Å². The lowest BCUT2D eigenvalue weighted by atomic mass is 10.4. The molecule has 0 unspecified atom stereocenters. The van der Waals surface area contributed by atoms with Crippen LogP contribution >= 0.6 is 0 Å². The van der Waals surface area contributed by atoms with Gasteiger partial charge in [-0.25, -0.2) is 9.97 Å². The average Bonchev–Trinajstić information content (AvgIpc) is 3.28. The molecule has 0 aromatic carbocycles. The van der Waals surface area contributed by atoms with Crippen LogP contribution in [0.5, 0.6) is 0 Å². The van der Waals surface area contributed by atoms with Crippen molar-refractivity contribution in [1.82, 2.24) is 35.0 Å². The van der Waals surface area contributed by atoms with Crippen LogP contribution in [0, 0.1) is 0 Å². The minimum Gasteiger partial charge on any atom is -0.361 e. The molecular weight excluding hydrogens is 304 g/mol. The molecule has 0 bridgehead atoms. The molecule has 11 heteroatoms. The largest absolute Gasteiger partial charge is 0.361 e. The maximum absolute atomic E-state index is 12.5. The molecule has 2 amide bonds. The van der Waals surface area contributed by atoms with Crippen molar-refractivity contribution in [1.29, 1.82) is 0 Å². The molecule has 0 fully saturated rings. The third-order valence-electron chi connectivity index (χ3n) is 2.91. The van der Waals surface area contributed by atoms with Crippen molar-refractivity contribution in [3.05, 3.63) is 48.2 Å². The number of hydrogen-bond donors (Lipinski definition) is 3. The number of aromatic amines is 2. The molecule has 0 saturated carbocycles. The highest BCUT2D eigenvalue weighted by Crippen LogP contribution is 2.09. The Balaban J connectivity index is 1.83. The summed E-state index contributed by atoms with van der Waals surface area (Å²) in [5.74, 6) is -0.998. The van der Waals surface area contributed by atoms with Crippen LogP contribution in [0.4, 0.5) is 0 Å². The fourth-order valence-electron chi connectivity index (χ4n) is 1.88. The zero-order valence-electron chi connectivity index (χ0n) is 11.8. The second-order valence-electron chi connectivity index (χ2n) is 4.52. The van der Waals surface area contributed by atoms with Crippen LogP contribution in [0.2, 0.25) is 0 Å². The second kappa shape index (κ2) is 6.09. The lowest BCUT2D eigenvalue weighted by Gasteiger charge is -2.18. The van der Waals surface area contributed by atoms with Gasteiger partial charge >= 0.3 is 11.8 Å². The van der Waals surface area contributed by atoms with Crippen LogP contribution < -0.4 is 5.73 Å². The summed E-state index contributed by atoms with van der Waals surface area (Å²) in [6.07, 6.45) is 6.43. The molecule has 0 spiro atoms. The Bertz CT molecular complexity index is 756. The maximum atomic E-state index is 12.5. The van der Waals surface area contributed by atoms with E-state index in [-0.39, 0.29) is 18.9 Å². The lowest BCUT2D eigenvalue weighted by Crippen LogP contribution is -2.32. The van der Waals surface area contributed by atoms with E-state index in [4.69, 9.17) is 5.73 Å². The third kappa shape index (κ3) is 3.23. The quantitative estimate of drug-likeness (QED) is 0.550. The summed E-state index contributed by atoms with van der Waals surface area (Å²) >= 11 is 0. The second-order valence-corrected chi connectivity index (χ2v) is 4.52. The highest BCUT2D eigenvalue weighted by molar-refractivity contribution is 5.93. The molecule has 0 radical (unpaired) electrons. The highest BCUT2D eigenvalue weighted by atomic mass is 16.5. The Morgan fingerprint density at radius 2 is 1.74 bits per heavy atom. The molecule has 0 saturated heterocycles. The Labute approximate surface area is 128 Å². The van der Waals surface area contributed by atoms with Gasteiger partial charge in [-0.1, -0.05) is 5.16 Å². The number of rotatable bonds is 6. The molecule has 23 heavy (non-hydrogen) atoms. The van der Waals surface area contributed by atoms with E-state index in [1.165, 1.54) is 4.90 Å². The molecule has 4 N–H and O–H groups in total. The summed E-state index contributed by atoms with van der Waals surface area (Å²) in [6, 6.07) is 0. The Hall–Kier alpha value is -3.50. The first-order valence-corrected chi connectivity index (χ1v) is 6.53. The van der Waals surface area contributed by atoms with Gasteiger partial charge in [0.05, 0.1) is 13.1 Å². The third-order valence-corrected chi connectivity index (χ3v) is 2.91. The van der Waals surface area contributed by atoms with Crippen LogP contribution in [0.1, 0.15) is 33.0 Å². The van der Waals surface area contributed by atoms with Gasteiger partial charge in [-0.2, -0.15) is 4.98 Å². The van der Waals surface area contributed by atoms with Gasteiger partial charge in [-0.15, -0.1) is 0 Å². The number of carbonyl (C=O) groups is 2. The molecule has 3 heterocycles. The summed E-state index contributed by atoms with van der Waals surface area (Å²) in [5.41, 5.74) is 5.03. The van der Waals surface area contributed by atoms with Crippen molar-refractivity contribution in [2.75, 3.05) is 0 Å². The molecule has 0 aliphatic carbocycles. The fraction of sp³-hybridized carbons (Fsp3) is 0.167. The summed E-state index contributed by atoms with van der Waals surface area (Å²) in [7, 11) is 0. The number of carbonyl (C=O) groups excluding carboxylic acids is 2. The predicted octanol–water partition coefficient (Wildman–Crippen LogP) is -0.543. The minimum atomic E-state index is -0.903. The van der Waals surface area contributed by atoms with Gasteiger partial charge < -0.3 is 25.1 Å². The number of amides is 2. The number of hydrogen-bond acceptors (Lipinski definition) is 7. The topological polar surface area (TPSA) is 160 Å². The standard InChI is InChI=1S/C12H12N8O3/c13-9(21)11-18-10(19-23-11)12(22)20(5-7-14-1-2-15-7)6-8-16-3-4-17-8/h1-4H,5-6H2,(H2,13,21)(H,14,15)(H,16,17). The molecule has 0 aliphatic rings. The minimum absolute atomic E-state index is 0.174. The summed E-state index contributed by atoms with van der Waals surface area (Å²) < 4.78 is 4.64. The number of nitrogens with zero attached hydrogens (tertiary/aromatic N) is 5. The number of primary amides is 1. The van der Waals surface area contributed by atoms with Crippen molar-refractivity contribution >= 4 is 11.8 Å². The predicted molar refractivity (Wildman–Crippen MR) is 73.6 cm³/mol. The van der Waals surface area contributed by atoms with Crippen molar-refractivity contribution in [2.45, 2.75) is 13.1 Å². The molecule has 3 aromatic rings. The van der Waals surface area contributed by atoms with Crippen LogP contribution in [0.25, 0.3) is 0 Å². The first-order valence-electron chi connectivity index (χ1n) is 6.53. The Morgan fingerprint density at radius 1 is 1.13 bits per heavy atom. The number of H-pyrrole nitrogens is 2. The molecule has 3 aromatic heterocycles. The first kappa shape index (κ1) is 14.4. The normalized spacial score (nSPS) is 10.6. The molecule has 0 aliphatic heterocycles. The van der Waals surface area contributed by atoms with Crippen LogP contribution in [-0.2, 0) is 13.1 Å². The van der Waals surface area contributed by atoms with Gasteiger partial charge in [0.25, 0.3) is 11.7 Å². The van der Waals surface area contributed by atoms with Crippen molar-refractivity contribution in [2.24, 2.45) is 5.73 Å². The highest BCUT2D eigenvalue weighted by Gasteiger charge is 2.24. The van der Waals surface area contributed by atoms with Crippen LogP contribution in [0.3, 0.4) is 0 Å². The smallest absolute Gasteiger partial charge is 0.316 e. The number of nitrogens with two attached hydrogens (primary N) is 1. The summed E-state index contributed by atoms with van der Waals surface area (Å²) in [5, 5.41) is 3.48. The Kier molecular flexibility index (Phi) is 3.82. The maximum Gasteiger partial charge on any atom is 0.316 e. The van der Waals surface area contributed by atoms with Gasteiger partial charge in [0.2, 0.25) is 0 Å². The van der Waals surface area contributed by atoms with Gasteiger partial charge in [-0.05, 0) is 0 Å². The molecular formula is C12H12N8O3. The number of nitrogens with one attached hydrogen (secondary N) is 2. The van der Waals surface area contributed by atoms with E-state index in [1.807, 2.05) is 0 Å². The van der Waals surface area contributed by atoms with Crippen molar-refractivity contribution in [3.63, 3.8) is 0 Å². The number of aromatic nitrogens is 6. The summed E-state index contributed by atoms with van der Waals surface area (Å²) in [6.45, 7) is 0.347. The monoisotopic (exact) mass is 316 g/mol. The Morgan fingerprint density at radius 3 is 2.17 bits per heavy atom. The number of imidazole rings is 2. The zero-order chi connectivity index (χ0) is 16.2. The van der Waals surface area contributed by atoms with E-state index in [1.54, 1.807) is 24.8 Å². The molecule has 11 nitrogen and oxygen atoms in total. The van der Waals surface area contributed by atoms with Gasteiger partial charge in [0.15, 0.2) is 0 Å². The first-order chi connectivity index (χ1) is 11.1. The van der Waals surface area contributed by atoms with E-state index < -0.39 is 17.7 Å². The van der Waals surface area contributed by atoms with E-state index in [2.05, 4.69) is 34.6 Å². The van der Waals surface area contributed by atoms with Crippen LogP contribution in [-0.4, -0.2) is 46.8 Å². The summed E-state index contributed by atoms with van der Waals surface area (Å²) in [4.78, 5) is 42.6.